The Bertz CT molecular complexity index is 1960. The van der Waals surface area contributed by atoms with E-state index in [1.807, 2.05) is 0 Å². The Morgan fingerprint density at radius 3 is 0.752 bits per heavy atom. The van der Waals surface area contributed by atoms with Gasteiger partial charge in [0.15, 0.2) is 12.2 Å². The summed E-state index contributed by atoms with van der Waals surface area (Å²) < 4.78 is 68.8. The summed E-state index contributed by atoms with van der Waals surface area (Å²) in [5.74, 6) is 0.292. The number of phosphoric acid groups is 2. The van der Waals surface area contributed by atoms with Gasteiger partial charge in [-0.05, 0) is 43.4 Å². The first kappa shape index (κ1) is 99.1. The molecule has 0 saturated heterocycles. The van der Waals surface area contributed by atoms with Crippen LogP contribution in [0.5, 0.6) is 0 Å². The fourth-order valence-electron chi connectivity index (χ4n) is 12.6. The van der Waals surface area contributed by atoms with E-state index in [9.17, 15) is 43.2 Å². The van der Waals surface area contributed by atoms with Gasteiger partial charge in [0.25, 0.3) is 0 Å². The molecule has 600 valence electrons. The molecule has 0 aliphatic carbocycles. The van der Waals surface area contributed by atoms with Crippen molar-refractivity contribution in [3.05, 3.63) is 0 Å². The van der Waals surface area contributed by atoms with Crippen molar-refractivity contribution in [2.75, 3.05) is 39.6 Å². The molecule has 0 saturated carbocycles. The Kier molecular flexibility index (Phi) is 70.9. The number of rotatable bonds is 80. The number of aliphatic hydroxyl groups is 1. The Morgan fingerprint density at radius 1 is 0.287 bits per heavy atom. The molecule has 0 aromatic heterocycles. The third-order valence-corrected chi connectivity index (χ3v) is 21.8. The first-order valence-electron chi connectivity index (χ1n) is 42.4. The minimum absolute atomic E-state index is 0.107. The van der Waals surface area contributed by atoms with Gasteiger partial charge >= 0.3 is 39.5 Å². The molecule has 101 heavy (non-hydrogen) atoms. The Labute approximate surface area is 619 Å². The Hall–Kier alpha value is -1.94. The topological polar surface area (TPSA) is 237 Å². The van der Waals surface area contributed by atoms with Gasteiger partial charge in [0.05, 0.1) is 26.4 Å². The number of hydrogen-bond acceptors (Lipinski definition) is 15. The van der Waals surface area contributed by atoms with Gasteiger partial charge < -0.3 is 33.8 Å². The molecule has 0 fully saturated rings. The average Bonchev–Trinajstić information content (AvgIpc) is 0.925. The van der Waals surface area contributed by atoms with Crippen LogP contribution >= 0.6 is 15.6 Å². The molecule has 19 heteroatoms. The number of unbranched alkanes of at least 4 members (excludes halogenated alkanes) is 46. The smallest absolute Gasteiger partial charge is 0.462 e. The third-order valence-electron chi connectivity index (χ3n) is 19.9. The molecule has 0 aliphatic heterocycles. The molecule has 0 bridgehead atoms. The van der Waals surface area contributed by atoms with Gasteiger partial charge in [0.1, 0.15) is 19.3 Å². The molecule has 0 heterocycles. The first-order valence-corrected chi connectivity index (χ1v) is 45.4. The largest absolute Gasteiger partial charge is 0.472 e. The van der Waals surface area contributed by atoms with Crippen molar-refractivity contribution < 1.29 is 80.2 Å². The van der Waals surface area contributed by atoms with Crippen LogP contribution in [0.3, 0.4) is 0 Å². The van der Waals surface area contributed by atoms with E-state index < -0.39 is 97.5 Å². The number of carbonyl (C=O) groups is 4. The second kappa shape index (κ2) is 72.3. The molecular formula is C82H160O17P2. The van der Waals surface area contributed by atoms with Gasteiger partial charge in [-0.15, -0.1) is 0 Å². The summed E-state index contributed by atoms with van der Waals surface area (Å²) in [7, 11) is -9.92. The Morgan fingerprint density at radius 2 is 0.505 bits per heavy atom. The van der Waals surface area contributed by atoms with Crippen molar-refractivity contribution in [3.8, 4) is 0 Å². The predicted molar refractivity (Wildman–Crippen MR) is 414 cm³/mol. The van der Waals surface area contributed by atoms with E-state index in [1.54, 1.807) is 0 Å². The van der Waals surface area contributed by atoms with Crippen LogP contribution in [0.15, 0.2) is 0 Å². The fourth-order valence-corrected chi connectivity index (χ4v) is 14.2. The van der Waals surface area contributed by atoms with Crippen LogP contribution in [0, 0.1) is 17.8 Å². The molecular weight excluding hydrogens is 1320 g/mol. The van der Waals surface area contributed by atoms with E-state index in [-0.39, 0.29) is 25.7 Å². The molecule has 0 aromatic rings. The van der Waals surface area contributed by atoms with Crippen molar-refractivity contribution in [1.82, 2.24) is 0 Å². The number of esters is 4. The number of aliphatic hydroxyl groups excluding tert-OH is 1. The lowest BCUT2D eigenvalue weighted by molar-refractivity contribution is -0.161. The van der Waals surface area contributed by atoms with Crippen molar-refractivity contribution in [3.63, 3.8) is 0 Å². The van der Waals surface area contributed by atoms with Crippen LogP contribution in [0.1, 0.15) is 427 Å². The standard InChI is InChI=1S/C82H160O17P2/c1-8-11-12-13-14-15-16-17-18-26-31-36-43-51-58-65-82(87)99-78(70-93-80(85)64-57-50-45-38-39-46-53-60-73(4)5)72-97-101(90,91)95-68-76(83)67-94-100(88,89)96-71-77(98-81(86)66-59-52-44-37-32-27-22-20-24-29-34-41-48-55-62-75(7)10-3)69-92-79(84)63-56-49-42-35-30-25-21-19-23-28-33-40-47-54-61-74(6)9-2/h73-78,83H,8-72H2,1-7H3,(H,88,89)(H,90,91)/t74?,75?,76-,77-,78-/m1/s1. The molecule has 0 aromatic carbocycles. The molecule has 0 amide bonds. The predicted octanol–water partition coefficient (Wildman–Crippen LogP) is 24.5. The van der Waals surface area contributed by atoms with E-state index in [0.29, 0.717) is 31.6 Å². The van der Waals surface area contributed by atoms with Gasteiger partial charge in [-0.1, -0.05) is 376 Å². The maximum absolute atomic E-state index is 13.1. The highest BCUT2D eigenvalue weighted by Gasteiger charge is 2.30. The van der Waals surface area contributed by atoms with Crippen LogP contribution in [-0.4, -0.2) is 96.7 Å². The third kappa shape index (κ3) is 73.4. The summed E-state index contributed by atoms with van der Waals surface area (Å²) in [5.41, 5.74) is 0. The van der Waals surface area contributed by atoms with E-state index in [2.05, 4.69) is 48.5 Å². The Balaban J connectivity index is 5.25. The zero-order valence-electron chi connectivity index (χ0n) is 66.4. The van der Waals surface area contributed by atoms with Crippen LogP contribution < -0.4 is 0 Å². The quantitative estimate of drug-likeness (QED) is 0.0222. The lowest BCUT2D eigenvalue weighted by atomic mass is 9.99. The lowest BCUT2D eigenvalue weighted by Gasteiger charge is -2.21. The number of carbonyl (C=O) groups excluding carboxylic acids is 4. The molecule has 7 atom stereocenters. The molecule has 0 aliphatic rings. The second-order valence-electron chi connectivity index (χ2n) is 30.5. The maximum atomic E-state index is 13.1. The van der Waals surface area contributed by atoms with Gasteiger partial charge in [0, 0.05) is 25.7 Å². The normalized spacial score (nSPS) is 14.5. The second-order valence-corrected chi connectivity index (χ2v) is 33.4. The van der Waals surface area contributed by atoms with Crippen LogP contribution in [-0.2, 0) is 65.4 Å². The van der Waals surface area contributed by atoms with Gasteiger partial charge in [-0.25, -0.2) is 9.13 Å². The number of phosphoric ester groups is 2. The molecule has 0 spiro atoms. The molecule has 0 radical (unpaired) electrons. The van der Waals surface area contributed by atoms with Gasteiger partial charge in [-0.3, -0.25) is 37.3 Å². The van der Waals surface area contributed by atoms with Crippen LogP contribution in [0.25, 0.3) is 0 Å². The number of ether oxygens (including phenoxy) is 4. The van der Waals surface area contributed by atoms with Crippen molar-refractivity contribution in [2.45, 2.75) is 446 Å². The summed E-state index contributed by atoms with van der Waals surface area (Å²) in [4.78, 5) is 73.1. The van der Waals surface area contributed by atoms with Crippen LogP contribution in [0.2, 0.25) is 0 Å². The lowest BCUT2D eigenvalue weighted by Crippen LogP contribution is -2.30. The molecule has 4 unspecified atom stereocenters. The molecule has 17 nitrogen and oxygen atoms in total. The highest BCUT2D eigenvalue weighted by molar-refractivity contribution is 7.47. The van der Waals surface area contributed by atoms with Crippen molar-refractivity contribution in [2.24, 2.45) is 17.8 Å². The highest BCUT2D eigenvalue weighted by Crippen LogP contribution is 2.45. The molecule has 0 rings (SSSR count). The van der Waals surface area contributed by atoms with E-state index in [4.69, 9.17) is 37.0 Å². The van der Waals surface area contributed by atoms with Crippen molar-refractivity contribution in [1.29, 1.82) is 0 Å². The first-order chi connectivity index (χ1) is 48.8. The van der Waals surface area contributed by atoms with Gasteiger partial charge in [-0.2, -0.15) is 0 Å². The SMILES string of the molecule is CCCCCCCCCCCCCCCCCC(=O)O[C@H](COC(=O)CCCCCCCCCC(C)C)COP(=O)(O)OC[C@H](O)COP(=O)(O)OC[C@@H](COC(=O)CCCCCCCCCCCCCCCCC(C)CC)OC(=O)CCCCCCCCCCCCCCCCC(C)CC. The van der Waals surface area contributed by atoms with Crippen LogP contribution in [0.4, 0.5) is 0 Å². The van der Waals surface area contributed by atoms with E-state index >= 15 is 0 Å². The fraction of sp³-hybridized carbons (Fsp3) is 0.951. The van der Waals surface area contributed by atoms with E-state index in [1.165, 1.54) is 231 Å². The maximum Gasteiger partial charge on any atom is 0.472 e. The summed E-state index contributed by atoms with van der Waals surface area (Å²) in [5, 5.41) is 10.6. The zero-order valence-corrected chi connectivity index (χ0v) is 68.2. The van der Waals surface area contributed by atoms with Gasteiger partial charge in [0.2, 0.25) is 0 Å². The minimum Gasteiger partial charge on any atom is -0.462 e. The molecule has 3 N–H and O–H groups in total. The van der Waals surface area contributed by atoms with Crippen molar-refractivity contribution >= 4 is 39.5 Å². The summed E-state index contributed by atoms with van der Waals surface area (Å²) in [6.07, 6.45) is 60.9. The summed E-state index contributed by atoms with van der Waals surface area (Å²) in [6, 6.07) is 0. The minimum atomic E-state index is -4.96. The summed E-state index contributed by atoms with van der Waals surface area (Å²) in [6.45, 7) is 12.0. The number of hydrogen-bond donors (Lipinski definition) is 3. The monoisotopic (exact) mass is 1480 g/mol. The van der Waals surface area contributed by atoms with E-state index in [0.717, 1.165) is 108 Å². The summed E-state index contributed by atoms with van der Waals surface area (Å²) >= 11 is 0. The highest BCUT2D eigenvalue weighted by atomic mass is 31.2. The zero-order chi connectivity index (χ0) is 74.4. The average molecular weight is 1480 g/mol.